The summed E-state index contributed by atoms with van der Waals surface area (Å²) in [5.41, 5.74) is 14.8. The Morgan fingerprint density at radius 1 is 0.509 bits per heavy atom. The minimum Gasteiger partial charge on any atom is -0.397 e. The predicted octanol–water partition coefficient (Wildman–Crippen LogP) is 8.20. The summed E-state index contributed by atoms with van der Waals surface area (Å²) in [6, 6.07) is 29.4. The monoisotopic (exact) mass is 764 g/mol. The fourth-order valence-electron chi connectivity index (χ4n) is 5.30. The number of amides is 2. The van der Waals surface area contributed by atoms with Crippen LogP contribution in [0.4, 0.5) is 44.1 Å². The van der Waals surface area contributed by atoms with Crippen LogP contribution in [-0.2, 0) is 9.84 Å². The summed E-state index contributed by atoms with van der Waals surface area (Å²) in [6.07, 6.45) is 0. The van der Waals surface area contributed by atoms with Gasteiger partial charge in [-0.15, -0.1) is 22.7 Å². The standard InChI is InChI=1S/C38H32N6O6S3/c1-21(45)33-31(39)29(37(51-33)43-23-9-5-3-6-10-23)35(47)41-25-13-17-27(18-14-25)53(49,50)28-19-15-26(16-20-28)42-36(48)30-32(40)34(22(2)46)52-38(30)44-24-11-7-4-8-12-24/h3-20,43-44H,39-40H2,1-2H3,(H,41,47)(H,42,48). The first-order chi connectivity index (χ1) is 25.3. The zero-order valence-electron chi connectivity index (χ0n) is 28.2. The third kappa shape index (κ3) is 7.82. The molecule has 0 unspecified atom stereocenters. The van der Waals surface area contributed by atoms with Crippen LogP contribution < -0.4 is 32.7 Å². The maximum absolute atomic E-state index is 13.5. The summed E-state index contributed by atoms with van der Waals surface area (Å²) in [5, 5.41) is 12.5. The van der Waals surface area contributed by atoms with Gasteiger partial charge in [0.15, 0.2) is 11.6 Å². The number of nitrogen functional groups attached to an aromatic ring is 2. The fourth-order valence-corrected chi connectivity index (χ4v) is 8.63. The van der Waals surface area contributed by atoms with Crippen molar-refractivity contribution >= 4 is 100 Å². The second-order valence-electron chi connectivity index (χ2n) is 11.7. The molecule has 15 heteroatoms. The first-order valence-corrected chi connectivity index (χ1v) is 19.0. The molecule has 53 heavy (non-hydrogen) atoms. The smallest absolute Gasteiger partial charge is 0.260 e. The molecule has 0 fully saturated rings. The number of hydrogen-bond donors (Lipinski definition) is 6. The first-order valence-electron chi connectivity index (χ1n) is 15.9. The lowest BCUT2D eigenvalue weighted by atomic mass is 10.2. The maximum Gasteiger partial charge on any atom is 0.260 e. The van der Waals surface area contributed by atoms with Crippen molar-refractivity contribution in [2.24, 2.45) is 0 Å². The number of carbonyl (C=O) groups is 4. The summed E-state index contributed by atoms with van der Waals surface area (Å²) >= 11 is 2.14. The molecule has 2 amide bonds. The average molecular weight is 765 g/mol. The summed E-state index contributed by atoms with van der Waals surface area (Å²) < 4.78 is 27.0. The van der Waals surface area contributed by atoms with E-state index in [4.69, 9.17) is 11.5 Å². The van der Waals surface area contributed by atoms with Crippen LogP contribution in [0.2, 0.25) is 0 Å². The molecule has 0 aliphatic carbocycles. The molecule has 2 heterocycles. The van der Waals surface area contributed by atoms with Crippen molar-refractivity contribution in [1.82, 2.24) is 0 Å². The molecule has 0 bridgehead atoms. The van der Waals surface area contributed by atoms with E-state index >= 15 is 0 Å². The molecule has 0 aliphatic rings. The van der Waals surface area contributed by atoms with Gasteiger partial charge in [0.25, 0.3) is 11.8 Å². The molecular weight excluding hydrogens is 733 g/mol. The van der Waals surface area contributed by atoms with Gasteiger partial charge < -0.3 is 32.7 Å². The van der Waals surface area contributed by atoms with E-state index in [0.717, 1.165) is 22.7 Å². The molecule has 12 nitrogen and oxygen atoms in total. The van der Waals surface area contributed by atoms with E-state index in [9.17, 15) is 27.6 Å². The normalized spacial score (nSPS) is 11.1. The van der Waals surface area contributed by atoms with Gasteiger partial charge in [0.05, 0.1) is 42.0 Å². The summed E-state index contributed by atoms with van der Waals surface area (Å²) in [5.74, 6) is -1.73. The van der Waals surface area contributed by atoms with Crippen LogP contribution in [0.1, 0.15) is 53.9 Å². The van der Waals surface area contributed by atoms with Crippen LogP contribution in [-0.4, -0.2) is 31.8 Å². The Hall–Kier alpha value is -6.29. The number of nitrogens with two attached hydrogens (primary N) is 2. The number of hydrogen-bond acceptors (Lipinski definition) is 12. The highest BCUT2D eigenvalue weighted by atomic mass is 32.2. The zero-order chi connectivity index (χ0) is 37.9. The number of ketones is 2. The van der Waals surface area contributed by atoms with E-state index < -0.39 is 21.7 Å². The number of rotatable bonds is 12. The van der Waals surface area contributed by atoms with E-state index in [2.05, 4.69) is 21.3 Å². The van der Waals surface area contributed by atoms with Gasteiger partial charge in [-0.1, -0.05) is 36.4 Å². The number of sulfone groups is 1. The molecule has 6 rings (SSSR count). The van der Waals surface area contributed by atoms with Gasteiger partial charge in [-0.2, -0.15) is 0 Å². The highest BCUT2D eigenvalue weighted by molar-refractivity contribution is 7.91. The highest BCUT2D eigenvalue weighted by Gasteiger charge is 2.26. The topological polar surface area (TPSA) is 203 Å². The molecule has 0 saturated heterocycles. The second-order valence-corrected chi connectivity index (χ2v) is 15.6. The molecule has 0 saturated carbocycles. The van der Waals surface area contributed by atoms with Gasteiger partial charge in [0.1, 0.15) is 10.0 Å². The molecular formula is C38H32N6O6S3. The van der Waals surface area contributed by atoms with E-state index in [1.54, 1.807) is 0 Å². The van der Waals surface area contributed by atoms with Crippen molar-refractivity contribution in [2.75, 3.05) is 32.7 Å². The molecule has 0 atom stereocenters. The summed E-state index contributed by atoms with van der Waals surface area (Å²) in [4.78, 5) is 51.7. The number of anilines is 8. The van der Waals surface area contributed by atoms with Crippen LogP contribution in [0.15, 0.2) is 119 Å². The van der Waals surface area contributed by atoms with E-state index in [-0.39, 0.29) is 53.6 Å². The number of nitrogens with one attached hydrogen (secondary N) is 4. The van der Waals surface area contributed by atoms with E-state index in [1.165, 1.54) is 62.4 Å². The minimum atomic E-state index is -4.00. The van der Waals surface area contributed by atoms with Crippen LogP contribution in [0.25, 0.3) is 0 Å². The Balaban J connectivity index is 1.17. The zero-order valence-corrected chi connectivity index (χ0v) is 30.7. The number of para-hydroxylation sites is 2. The maximum atomic E-state index is 13.5. The summed E-state index contributed by atoms with van der Waals surface area (Å²) in [7, 11) is -4.00. The van der Waals surface area contributed by atoms with Crippen LogP contribution in [0.5, 0.6) is 0 Å². The number of Topliss-reactive ketones (excluding diaryl/α,β-unsaturated/α-hetero) is 2. The van der Waals surface area contributed by atoms with Gasteiger partial charge in [0.2, 0.25) is 9.84 Å². The van der Waals surface area contributed by atoms with Crippen LogP contribution >= 0.6 is 22.7 Å². The number of thiophene rings is 2. The third-order valence-electron chi connectivity index (χ3n) is 7.89. The Morgan fingerprint density at radius 2 is 0.849 bits per heavy atom. The number of carbonyl (C=O) groups excluding carboxylic acids is 4. The van der Waals surface area contributed by atoms with Crippen LogP contribution in [0, 0.1) is 0 Å². The third-order valence-corrected chi connectivity index (χ3v) is 12.1. The Bertz CT molecular complexity index is 2290. The largest absolute Gasteiger partial charge is 0.397 e. The minimum absolute atomic E-state index is 0.0351. The van der Waals surface area contributed by atoms with E-state index in [1.807, 2.05) is 60.7 Å². The fraction of sp³-hybridized carbons (Fsp3) is 0.0526. The van der Waals surface area contributed by atoms with Crippen molar-refractivity contribution in [3.63, 3.8) is 0 Å². The van der Waals surface area contributed by atoms with Gasteiger partial charge in [0, 0.05) is 36.6 Å². The molecule has 0 spiro atoms. The predicted molar refractivity (Wildman–Crippen MR) is 211 cm³/mol. The second kappa shape index (κ2) is 15.1. The lowest BCUT2D eigenvalue weighted by molar-refractivity contribution is 0.101. The van der Waals surface area contributed by atoms with Crippen LogP contribution in [0.3, 0.4) is 0 Å². The molecule has 0 radical (unpaired) electrons. The van der Waals surface area contributed by atoms with Crippen molar-refractivity contribution in [1.29, 1.82) is 0 Å². The SMILES string of the molecule is CC(=O)c1sc(Nc2ccccc2)c(C(=O)Nc2ccc(S(=O)(=O)c3ccc(NC(=O)c4c(Nc5ccccc5)sc(C(C)=O)c4N)cc3)cc2)c1N. The summed E-state index contributed by atoms with van der Waals surface area (Å²) in [6.45, 7) is 2.74. The van der Waals surface area contributed by atoms with Crippen molar-refractivity contribution in [2.45, 2.75) is 23.6 Å². The quantitative estimate of drug-likeness (QED) is 0.0660. The molecule has 2 aromatic heterocycles. The molecule has 8 N–H and O–H groups in total. The Labute approximate surface area is 312 Å². The Kier molecular flexibility index (Phi) is 10.4. The van der Waals surface area contributed by atoms with Gasteiger partial charge in [-0.3, -0.25) is 19.2 Å². The van der Waals surface area contributed by atoms with E-state index in [0.29, 0.717) is 32.8 Å². The lowest BCUT2D eigenvalue weighted by Crippen LogP contribution is -2.15. The molecule has 6 aromatic rings. The number of benzene rings is 4. The molecule has 268 valence electrons. The lowest BCUT2D eigenvalue weighted by Gasteiger charge is -2.11. The molecule has 0 aliphatic heterocycles. The highest BCUT2D eigenvalue weighted by Crippen LogP contribution is 2.40. The van der Waals surface area contributed by atoms with Gasteiger partial charge in [-0.25, -0.2) is 8.42 Å². The van der Waals surface area contributed by atoms with Gasteiger partial charge >= 0.3 is 0 Å². The van der Waals surface area contributed by atoms with Crippen molar-refractivity contribution in [3.8, 4) is 0 Å². The first kappa shape index (κ1) is 36.5. The van der Waals surface area contributed by atoms with Crippen molar-refractivity contribution in [3.05, 3.63) is 130 Å². The van der Waals surface area contributed by atoms with Crippen molar-refractivity contribution < 1.29 is 27.6 Å². The Morgan fingerprint density at radius 3 is 1.17 bits per heavy atom. The molecule has 4 aromatic carbocycles. The average Bonchev–Trinajstić information content (AvgIpc) is 3.65. The van der Waals surface area contributed by atoms with Gasteiger partial charge in [-0.05, 0) is 72.8 Å².